The fourth-order valence-corrected chi connectivity index (χ4v) is 2.56. The normalized spacial score (nSPS) is 19.2. The lowest BCUT2D eigenvalue weighted by molar-refractivity contribution is -0.111. The quantitative estimate of drug-likeness (QED) is 0.638. The van der Waals surface area contributed by atoms with Crippen molar-refractivity contribution < 1.29 is 13.2 Å². The first-order valence-electron chi connectivity index (χ1n) is 3.86. The van der Waals surface area contributed by atoms with Crippen LogP contribution in [0.25, 0.3) is 0 Å². The molecule has 0 radical (unpaired) electrons. The van der Waals surface area contributed by atoms with E-state index >= 15 is 0 Å². The maximum atomic E-state index is 11.3. The Morgan fingerprint density at radius 3 is 2.25 bits per heavy atom. The van der Waals surface area contributed by atoms with Crippen LogP contribution >= 0.6 is 0 Å². The van der Waals surface area contributed by atoms with Crippen molar-refractivity contribution >= 4 is 16.3 Å². The van der Waals surface area contributed by atoms with Crippen LogP contribution in [-0.4, -0.2) is 25.5 Å². The third-order valence-electron chi connectivity index (χ3n) is 1.66. The Labute approximate surface area is 72.4 Å². The summed E-state index contributed by atoms with van der Waals surface area (Å²) < 4.78 is 24.9. The molecule has 1 aliphatic carbocycles. The van der Waals surface area contributed by atoms with Gasteiger partial charge in [0.15, 0.2) is 0 Å². The number of rotatable bonds is 4. The molecule has 0 unspecified atom stereocenters. The van der Waals surface area contributed by atoms with E-state index in [1.54, 1.807) is 13.8 Å². The fourth-order valence-electron chi connectivity index (χ4n) is 0.852. The van der Waals surface area contributed by atoms with Crippen LogP contribution in [0.15, 0.2) is 0 Å². The molecule has 12 heavy (non-hydrogen) atoms. The zero-order valence-corrected chi connectivity index (χ0v) is 8.02. The van der Waals surface area contributed by atoms with Crippen molar-refractivity contribution in [2.75, 3.05) is 0 Å². The Morgan fingerprint density at radius 2 is 1.92 bits per heavy atom. The first kappa shape index (κ1) is 9.67. The second-order valence-electron chi connectivity index (χ2n) is 3.69. The molecule has 1 fully saturated rings. The topological polar surface area (TPSA) is 63.2 Å². The maximum Gasteiger partial charge on any atom is 0.215 e. The Kier molecular flexibility index (Phi) is 2.27. The van der Waals surface area contributed by atoms with Gasteiger partial charge in [0.2, 0.25) is 10.0 Å². The highest BCUT2D eigenvalue weighted by Crippen LogP contribution is 2.28. The summed E-state index contributed by atoms with van der Waals surface area (Å²) in [5.74, 6) is 0. The van der Waals surface area contributed by atoms with Gasteiger partial charge in [-0.25, -0.2) is 13.1 Å². The van der Waals surface area contributed by atoms with E-state index in [0.717, 1.165) is 0 Å². The highest BCUT2D eigenvalue weighted by Gasteiger charge is 2.38. The number of carbonyl (C=O) groups excluding carboxylic acids is 1. The van der Waals surface area contributed by atoms with Gasteiger partial charge < -0.3 is 4.79 Å². The Morgan fingerprint density at radius 1 is 1.42 bits per heavy atom. The van der Waals surface area contributed by atoms with Crippen molar-refractivity contribution in [1.82, 2.24) is 4.72 Å². The van der Waals surface area contributed by atoms with E-state index in [9.17, 15) is 13.2 Å². The molecule has 1 rings (SSSR count). The molecule has 1 N–H and O–H groups in total. The lowest BCUT2D eigenvalue weighted by atomic mass is 10.1. The van der Waals surface area contributed by atoms with Gasteiger partial charge in [0.25, 0.3) is 0 Å². The third-order valence-corrected chi connectivity index (χ3v) is 3.82. The van der Waals surface area contributed by atoms with Crippen LogP contribution in [0.4, 0.5) is 0 Å². The minimum absolute atomic E-state index is 0.267. The van der Waals surface area contributed by atoms with Gasteiger partial charge in [0.05, 0.1) is 10.8 Å². The van der Waals surface area contributed by atoms with E-state index in [1.807, 2.05) is 0 Å². The summed E-state index contributed by atoms with van der Waals surface area (Å²) in [7, 11) is -3.24. The molecule has 0 amide bonds. The predicted octanol–water partition coefficient (Wildman–Crippen LogP) is 0.0457. The average Bonchev–Trinajstić information content (AvgIpc) is 2.65. The minimum atomic E-state index is -3.24. The minimum Gasteiger partial charge on any atom is -0.301 e. The van der Waals surface area contributed by atoms with Crippen molar-refractivity contribution in [2.24, 2.45) is 0 Å². The number of nitrogens with one attached hydrogen (secondary N) is 1. The van der Waals surface area contributed by atoms with Crippen molar-refractivity contribution in [3.8, 4) is 0 Å². The van der Waals surface area contributed by atoms with Gasteiger partial charge in [0.1, 0.15) is 6.29 Å². The van der Waals surface area contributed by atoms with Crippen molar-refractivity contribution in [3.05, 3.63) is 0 Å². The molecule has 0 spiro atoms. The fraction of sp³-hybridized carbons (Fsp3) is 0.857. The Hall–Kier alpha value is -0.420. The van der Waals surface area contributed by atoms with Gasteiger partial charge in [0, 0.05) is 0 Å². The molecule has 0 bridgehead atoms. The van der Waals surface area contributed by atoms with Crippen LogP contribution in [0.1, 0.15) is 26.7 Å². The van der Waals surface area contributed by atoms with Crippen LogP contribution in [0.5, 0.6) is 0 Å². The predicted molar refractivity (Wildman–Crippen MR) is 45.2 cm³/mol. The SMILES string of the molecule is CC(C)(C=O)NS(=O)(=O)C1CC1. The Bertz CT molecular complexity index is 277. The zero-order chi connectivity index (χ0) is 9.41. The molecule has 1 saturated carbocycles. The monoisotopic (exact) mass is 191 g/mol. The summed E-state index contributed by atoms with van der Waals surface area (Å²) in [5, 5.41) is -0.267. The second kappa shape index (κ2) is 2.81. The summed E-state index contributed by atoms with van der Waals surface area (Å²) in [6.07, 6.45) is 2.03. The van der Waals surface area contributed by atoms with Gasteiger partial charge in [-0.2, -0.15) is 0 Å². The van der Waals surface area contributed by atoms with E-state index in [1.165, 1.54) is 0 Å². The smallest absolute Gasteiger partial charge is 0.215 e. The van der Waals surface area contributed by atoms with E-state index in [4.69, 9.17) is 0 Å². The van der Waals surface area contributed by atoms with E-state index in [2.05, 4.69) is 4.72 Å². The first-order chi connectivity index (χ1) is 5.37. The summed E-state index contributed by atoms with van der Waals surface area (Å²) in [4.78, 5) is 10.4. The number of sulfonamides is 1. The van der Waals surface area contributed by atoms with E-state index in [0.29, 0.717) is 19.1 Å². The molecule has 4 nitrogen and oxygen atoms in total. The molecule has 0 saturated heterocycles. The molecular formula is C7H13NO3S. The average molecular weight is 191 g/mol. The number of carbonyl (C=O) groups is 1. The molecule has 0 heterocycles. The molecule has 70 valence electrons. The number of hydrogen-bond acceptors (Lipinski definition) is 3. The van der Waals surface area contributed by atoms with Crippen LogP contribution in [0.2, 0.25) is 0 Å². The van der Waals surface area contributed by atoms with Gasteiger partial charge in [-0.1, -0.05) is 0 Å². The molecule has 5 heteroatoms. The molecular weight excluding hydrogens is 178 g/mol. The zero-order valence-electron chi connectivity index (χ0n) is 7.20. The van der Waals surface area contributed by atoms with Crippen LogP contribution < -0.4 is 4.72 Å². The van der Waals surface area contributed by atoms with Gasteiger partial charge in [-0.15, -0.1) is 0 Å². The Balaban J connectivity index is 2.66. The number of hydrogen-bond donors (Lipinski definition) is 1. The highest BCUT2D eigenvalue weighted by molar-refractivity contribution is 7.90. The van der Waals surface area contributed by atoms with E-state index < -0.39 is 15.6 Å². The van der Waals surface area contributed by atoms with Crippen LogP contribution in [-0.2, 0) is 14.8 Å². The third kappa shape index (κ3) is 2.28. The standard InChI is InChI=1S/C7H13NO3S/c1-7(2,5-9)8-12(10,11)6-3-4-6/h5-6,8H,3-4H2,1-2H3. The van der Waals surface area contributed by atoms with Crippen LogP contribution in [0, 0.1) is 0 Å². The molecule has 0 aromatic heterocycles. The van der Waals surface area contributed by atoms with Gasteiger partial charge in [-0.3, -0.25) is 0 Å². The van der Waals surface area contributed by atoms with Gasteiger partial charge >= 0.3 is 0 Å². The molecule has 0 aliphatic heterocycles. The molecule has 0 aromatic rings. The lowest BCUT2D eigenvalue weighted by Gasteiger charge is -2.18. The van der Waals surface area contributed by atoms with Crippen LogP contribution in [0.3, 0.4) is 0 Å². The maximum absolute atomic E-state index is 11.3. The highest BCUT2D eigenvalue weighted by atomic mass is 32.2. The number of aldehydes is 1. The summed E-state index contributed by atoms with van der Waals surface area (Å²) >= 11 is 0. The van der Waals surface area contributed by atoms with E-state index in [-0.39, 0.29) is 5.25 Å². The van der Waals surface area contributed by atoms with Gasteiger partial charge in [-0.05, 0) is 26.7 Å². The summed E-state index contributed by atoms with van der Waals surface area (Å²) in [5.41, 5.74) is -0.971. The first-order valence-corrected chi connectivity index (χ1v) is 5.41. The van der Waals surface area contributed by atoms with Crippen molar-refractivity contribution in [1.29, 1.82) is 0 Å². The molecule has 0 atom stereocenters. The molecule has 0 aromatic carbocycles. The molecule has 1 aliphatic rings. The summed E-state index contributed by atoms with van der Waals surface area (Å²) in [6.45, 7) is 3.08. The second-order valence-corrected chi connectivity index (χ2v) is 5.65. The van der Waals surface area contributed by atoms with Crippen molar-refractivity contribution in [2.45, 2.75) is 37.5 Å². The van der Waals surface area contributed by atoms with Crippen molar-refractivity contribution in [3.63, 3.8) is 0 Å². The summed E-state index contributed by atoms with van der Waals surface area (Å²) in [6, 6.07) is 0. The largest absolute Gasteiger partial charge is 0.301 e. The lowest BCUT2D eigenvalue weighted by Crippen LogP contribution is -2.45.